The quantitative estimate of drug-likeness (QED) is 0.738. The second-order valence-corrected chi connectivity index (χ2v) is 4.12. The summed E-state index contributed by atoms with van der Waals surface area (Å²) in [6, 6.07) is 4.38. The van der Waals surface area contributed by atoms with E-state index in [1.54, 1.807) is 12.1 Å². The van der Waals surface area contributed by atoms with Gasteiger partial charge in [-0.3, -0.25) is 4.79 Å². The average Bonchev–Trinajstić information content (AvgIpc) is 2.84. The molecule has 1 fully saturated rings. The third-order valence-corrected chi connectivity index (χ3v) is 2.80. The van der Waals surface area contributed by atoms with Crippen molar-refractivity contribution in [1.29, 1.82) is 0 Å². The first-order valence-electron chi connectivity index (χ1n) is 5.72. The molecule has 0 amide bonds. The van der Waals surface area contributed by atoms with Crippen molar-refractivity contribution in [3.8, 4) is 0 Å². The minimum absolute atomic E-state index is 0.146. The summed E-state index contributed by atoms with van der Waals surface area (Å²) in [4.78, 5) is 10.4. The predicted molar refractivity (Wildman–Crippen MR) is 60.4 cm³/mol. The number of aldehydes is 1. The van der Waals surface area contributed by atoms with Gasteiger partial charge in [0.2, 0.25) is 0 Å². The predicted octanol–water partition coefficient (Wildman–Crippen LogP) is 2.33. The van der Waals surface area contributed by atoms with Gasteiger partial charge in [-0.25, -0.2) is 4.39 Å². The van der Waals surface area contributed by atoms with Gasteiger partial charge in [0.15, 0.2) is 0 Å². The molecule has 3 nitrogen and oxygen atoms in total. The Kier molecular flexibility index (Phi) is 4.23. The van der Waals surface area contributed by atoms with Crippen LogP contribution in [0.1, 0.15) is 28.8 Å². The number of halogens is 1. The van der Waals surface area contributed by atoms with Crippen LogP contribution in [-0.4, -0.2) is 25.6 Å². The first-order chi connectivity index (χ1) is 8.29. The third kappa shape index (κ3) is 3.35. The second-order valence-electron chi connectivity index (χ2n) is 4.12. The van der Waals surface area contributed by atoms with E-state index in [-0.39, 0.29) is 12.7 Å². The summed E-state index contributed by atoms with van der Waals surface area (Å²) in [5, 5.41) is 0. The highest BCUT2D eigenvalue weighted by molar-refractivity contribution is 5.74. The van der Waals surface area contributed by atoms with E-state index in [2.05, 4.69) is 0 Å². The van der Waals surface area contributed by atoms with Gasteiger partial charge < -0.3 is 9.47 Å². The summed E-state index contributed by atoms with van der Waals surface area (Å²) in [6.07, 6.45) is 2.84. The van der Waals surface area contributed by atoms with E-state index in [0.29, 0.717) is 24.0 Å². The van der Waals surface area contributed by atoms with Gasteiger partial charge in [0, 0.05) is 17.7 Å². The lowest BCUT2D eigenvalue weighted by molar-refractivity contribution is 0.00982. The van der Waals surface area contributed by atoms with Crippen LogP contribution in [0.15, 0.2) is 18.2 Å². The molecular formula is C13H15FO3. The highest BCUT2D eigenvalue weighted by atomic mass is 19.1. The fourth-order valence-electron chi connectivity index (χ4n) is 1.83. The summed E-state index contributed by atoms with van der Waals surface area (Å²) in [5.74, 6) is -0.401. The third-order valence-electron chi connectivity index (χ3n) is 2.80. The van der Waals surface area contributed by atoms with E-state index in [0.717, 1.165) is 19.4 Å². The summed E-state index contributed by atoms with van der Waals surface area (Å²) in [6.45, 7) is 1.50. The van der Waals surface area contributed by atoms with Crippen LogP contribution in [0.2, 0.25) is 0 Å². The Morgan fingerprint density at radius 3 is 3.06 bits per heavy atom. The van der Waals surface area contributed by atoms with E-state index in [1.807, 2.05) is 0 Å². The minimum atomic E-state index is -0.401. The zero-order valence-corrected chi connectivity index (χ0v) is 9.52. The number of ether oxygens (including phenoxy) is 2. The number of carbonyl (C=O) groups is 1. The molecule has 1 aromatic rings. The summed E-state index contributed by atoms with van der Waals surface area (Å²) < 4.78 is 24.3. The Bertz CT molecular complexity index is 386. The lowest BCUT2D eigenvalue weighted by atomic mass is 10.1. The molecule has 0 saturated carbocycles. The van der Waals surface area contributed by atoms with Crippen molar-refractivity contribution in [3.05, 3.63) is 35.1 Å². The Morgan fingerprint density at radius 2 is 2.41 bits per heavy atom. The van der Waals surface area contributed by atoms with E-state index in [9.17, 15) is 9.18 Å². The molecule has 0 bridgehead atoms. The second kappa shape index (κ2) is 5.89. The number of benzene rings is 1. The molecule has 1 aliphatic heterocycles. The Hall–Kier alpha value is -1.26. The van der Waals surface area contributed by atoms with Gasteiger partial charge in [0.25, 0.3) is 0 Å². The highest BCUT2D eigenvalue weighted by Crippen LogP contribution is 2.14. The number of rotatable bonds is 5. The smallest absolute Gasteiger partial charge is 0.150 e. The SMILES string of the molecule is O=Cc1ccc(COC[C@@H]2CCCO2)c(F)c1. The van der Waals surface area contributed by atoms with Gasteiger partial charge in [-0.05, 0) is 18.9 Å². The maximum atomic E-state index is 13.5. The highest BCUT2D eigenvalue weighted by Gasteiger charge is 2.15. The molecule has 92 valence electrons. The van der Waals surface area contributed by atoms with Crippen LogP contribution in [0.25, 0.3) is 0 Å². The zero-order valence-electron chi connectivity index (χ0n) is 9.52. The van der Waals surface area contributed by atoms with Crippen LogP contribution in [0.4, 0.5) is 4.39 Å². The maximum Gasteiger partial charge on any atom is 0.150 e. The van der Waals surface area contributed by atoms with Gasteiger partial charge in [0.1, 0.15) is 12.1 Å². The summed E-state index contributed by atoms with van der Waals surface area (Å²) in [7, 11) is 0. The van der Waals surface area contributed by atoms with Crippen molar-refractivity contribution in [2.75, 3.05) is 13.2 Å². The van der Waals surface area contributed by atoms with Gasteiger partial charge in [-0.15, -0.1) is 0 Å². The van der Waals surface area contributed by atoms with Crippen LogP contribution < -0.4 is 0 Å². The van der Waals surface area contributed by atoms with Crippen LogP contribution in [0, 0.1) is 5.82 Å². The zero-order chi connectivity index (χ0) is 12.1. The van der Waals surface area contributed by atoms with E-state index >= 15 is 0 Å². The lowest BCUT2D eigenvalue weighted by Gasteiger charge is -2.10. The van der Waals surface area contributed by atoms with Crippen molar-refractivity contribution in [2.24, 2.45) is 0 Å². The van der Waals surface area contributed by atoms with Crippen LogP contribution in [0.3, 0.4) is 0 Å². The largest absolute Gasteiger partial charge is 0.376 e. The number of hydrogen-bond acceptors (Lipinski definition) is 3. The molecule has 1 aromatic carbocycles. The first-order valence-corrected chi connectivity index (χ1v) is 5.72. The minimum Gasteiger partial charge on any atom is -0.376 e. The standard InChI is InChI=1S/C13H15FO3/c14-13-6-10(7-15)3-4-11(13)8-16-9-12-2-1-5-17-12/h3-4,6-7,12H,1-2,5,8-9H2/t12-/m0/s1. The number of carbonyl (C=O) groups excluding carboxylic acids is 1. The van der Waals surface area contributed by atoms with Crippen LogP contribution in [0.5, 0.6) is 0 Å². The Balaban J connectivity index is 1.83. The fraction of sp³-hybridized carbons (Fsp3) is 0.462. The molecule has 17 heavy (non-hydrogen) atoms. The van der Waals surface area contributed by atoms with Crippen molar-refractivity contribution in [2.45, 2.75) is 25.6 Å². The molecule has 0 aliphatic carbocycles. The molecule has 2 rings (SSSR count). The molecule has 0 radical (unpaired) electrons. The number of hydrogen-bond donors (Lipinski definition) is 0. The molecule has 0 unspecified atom stereocenters. The Morgan fingerprint density at radius 1 is 1.53 bits per heavy atom. The van der Waals surface area contributed by atoms with Crippen molar-refractivity contribution < 1.29 is 18.7 Å². The fourth-order valence-corrected chi connectivity index (χ4v) is 1.83. The lowest BCUT2D eigenvalue weighted by Crippen LogP contribution is -2.14. The van der Waals surface area contributed by atoms with E-state index in [4.69, 9.17) is 9.47 Å². The van der Waals surface area contributed by atoms with Crippen LogP contribution in [-0.2, 0) is 16.1 Å². The van der Waals surface area contributed by atoms with Crippen molar-refractivity contribution in [3.63, 3.8) is 0 Å². The normalized spacial score (nSPS) is 19.5. The molecule has 1 heterocycles. The molecule has 4 heteroatoms. The molecule has 0 spiro atoms. The monoisotopic (exact) mass is 238 g/mol. The molecule has 1 aliphatic rings. The van der Waals surface area contributed by atoms with Crippen LogP contribution >= 0.6 is 0 Å². The molecule has 1 atom stereocenters. The molecule has 0 N–H and O–H groups in total. The van der Waals surface area contributed by atoms with Gasteiger partial charge in [-0.2, -0.15) is 0 Å². The maximum absolute atomic E-state index is 13.5. The summed E-state index contributed by atoms with van der Waals surface area (Å²) >= 11 is 0. The topological polar surface area (TPSA) is 35.5 Å². The van der Waals surface area contributed by atoms with E-state index in [1.165, 1.54) is 6.07 Å². The van der Waals surface area contributed by atoms with Crippen molar-refractivity contribution >= 4 is 6.29 Å². The first kappa shape index (κ1) is 12.2. The Labute approximate surface area is 99.5 Å². The molecule has 1 saturated heterocycles. The van der Waals surface area contributed by atoms with Gasteiger partial charge in [-0.1, -0.05) is 12.1 Å². The molecule has 0 aromatic heterocycles. The van der Waals surface area contributed by atoms with E-state index < -0.39 is 5.82 Å². The van der Waals surface area contributed by atoms with Gasteiger partial charge in [0.05, 0.1) is 19.3 Å². The summed E-state index contributed by atoms with van der Waals surface area (Å²) in [5.41, 5.74) is 0.805. The molecular weight excluding hydrogens is 223 g/mol. The average molecular weight is 238 g/mol. The van der Waals surface area contributed by atoms with Crippen molar-refractivity contribution in [1.82, 2.24) is 0 Å². The van der Waals surface area contributed by atoms with Gasteiger partial charge >= 0.3 is 0 Å².